The van der Waals surface area contributed by atoms with Crippen LogP contribution < -0.4 is 5.73 Å². The number of halogens is 1. The summed E-state index contributed by atoms with van der Waals surface area (Å²) < 4.78 is 44.7. The van der Waals surface area contributed by atoms with E-state index in [0.717, 1.165) is 0 Å². The van der Waals surface area contributed by atoms with Crippen molar-refractivity contribution in [3.8, 4) is 0 Å². The van der Waals surface area contributed by atoms with Crippen LogP contribution in [0.3, 0.4) is 0 Å². The zero-order valence-electron chi connectivity index (χ0n) is 8.26. The van der Waals surface area contributed by atoms with Crippen LogP contribution in [0.25, 0.3) is 0 Å². The van der Waals surface area contributed by atoms with Gasteiger partial charge in [0.25, 0.3) is 0 Å². The Labute approximate surface area is 96.7 Å². The molecule has 0 radical (unpaired) electrons. The maximum atomic E-state index is 11.5. The molecule has 1 aliphatic rings. The maximum Gasteiger partial charge on any atom is 0.167 e. The summed E-state index contributed by atoms with van der Waals surface area (Å²) in [7, 11) is -6.89. The Morgan fingerprint density at radius 1 is 1.07 bits per heavy atom. The van der Waals surface area contributed by atoms with Crippen molar-refractivity contribution in [3.63, 3.8) is 0 Å². The van der Waals surface area contributed by atoms with E-state index in [-0.39, 0.29) is 36.8 Å². The summed E-state index contributed by atoms with van der Waals surface area (Å²) in [5.41, 5.74) is 5.23. The molecule has 0 amide bonds. The highest BCUT2D eigenvalue weighted by Gasteiger charge is 2.40. The first-order chi connectivity index (χ1) is 6.40. The molecule has 0 atom stereocenters. The molecule has 0 aliphatic carbocycles. The van der Waals surface area contributed by atoms with Crippen LogP contribution in [0, 0.1) is 0 Å². The number of sulfone groups is 2. The van der Waals surface area contributed by atoms with E-state index in [1.807, 2.05) is 0 Å². The van der Waals surface area contributed by atoms with Gasteiger partial charge in [-0.3, -0.25) is 0 Å². The van der Waals surface area contributed by atoms with Crippen LogP contribution in [0.5, 0.6) is 0 Å². The number of rotatable bonds is 3. The van der Waals surface area contributed by atoms with Gasteiger partial charge < -0.3 is 5.73 Å². The van der Waals surface area contributed by atoms with Crippen molar-refractivity contribution in [2.75, 3.05) is 18.1 Å². The normalized spacial score (nSPS) is 24.3. The van der Waals surface area contributed by atoms with Gasteiger partial charge in [0.1, 0.15) is 0 Å². The molecule has 1 aliphatic heterocycles. The minimum absolute atomic E-state index is 0. The predicted molar refractivity (Wildman–Crippen MR) is 61.5 cm³/mol. The summed E-state index contributed by atoms with van der Waals surface area (Å²) in [6, 6.07) is 0. The smallest absolute Gasteiger partial charge is 0.167 e. The lowest BCUT2D eigenvalue weighted by Crippen LogP contribution is -2.39. The van der Waals surface area contributed by atoms with Gasteiger partial charge in [0.15, 0.2) is 24.3 Å². The monoisotopic (exact) mass is 277 g/mol. The van der Waals surface area contributed by atoms with E-state index >= 15 is 0 Å². The Bertz CT molecular complexity index is 355. The van der Waals surface area contributed by atoms with Gasteiger partial charge in [-0.25, -0.2) is 16.8 Å². The van der Waals surface area contributed by atoms with Gasteiger partial charge >= 0.3 is 0 Å². The molecule has 2 N–H and O–H groups in total. The molecule has 0 aromatic carbocycles. The highest BCUT2D eigenvalue weighted by Crippen LogP contribution is 2.23. The topological polar surface area (TPSA) is 94.3 Å². The van der Waals surface area contributed by atoms with E-state index in [2.05, 4.69) is 0 Å². The van der Waals surface area contributed by atoms with E-state index in [1.165, 1.54) is 0 Å². The van der Waals surface area contributed by atoms with E-state index < -0.39 is 24.3 Å². The molecule has 0 aromatic heterocycles. The third kappa shape index (κ3) is 3.58. The molecule has 1 rings (SSSR count). The molecule has 1 saturated heterocycles. The Hall–Kier alpha value is 0.150. The van der Waals surface area contributed by atoms with Crippen LogP contribution in [-0.4, -0.2) is 39.5 Å². The molecule has 1 fully saturated rings. The molecular weight excluding hydrogens is 262 g/mol. The standard InChI is InChI=1S/C7H15NO4S2.ClH/c8-4-1-3-7-13(9,10)5-2-6-14(7,11)12;/h7H,1-6,8H2;1H. The molecule has 0 saturated carbocycles. The average molecular weight is 278 g/mol. The quantitative estimate of drug-likeness (QED) is 0.765. The molecule has 8 heteroatoms. The van der Waals surface area contributed by atoms with Crippen LogP contribution in [0.4, 0.5) is 0 Å². The second kappa shape index (κ2) is 5.47. The van der Waals surface area contributed by atoms with Crippen molar-refractivity contribution in [1.29, 1.82) is 0 Å². The van der Waals surface area contributed by atoms with Gasteiger partial charge in [-0.15, -0.1) is 12.4 Å². The van der Waals surface area contributed by atoms with E-state index in [4.69, 9.17) is 5.73 Å². The molecule has 15 heavy (non-hydrogen) atoms. The third-order valence-electron chi connectivity index (χ3n) is 2.30. The van der Waals surface area contributed by atoms with Crippen molar-refractivity contribution < 1.29 is 16.8 Å². The van der Waals surface area contributed by atoms with Crippen LogP contribution in [0.15, 0.2) is 0 Å². The zero-order valence-corrected chi connectivity index (χ0v) is 10.7. The predicted octanol–water partition coefficient (Wildman–Crippen LogP) is -0.294. The van der Waals surface area contributed by atoms with Gasteiger partial charge in [0, 0.05) is 0 Å². The minimum atomic E-state index is -3.45. The number of nitrogens with two attached hydrogens (primary N) is 1. The fraction of sp³-hybridized carbons (Fsp3) is 1.00. The Balaban J connectivity index is 0.00000196. The summed E-state index contributed by atoms with van der Waals surface area (Å²) in [5.74, 6) is -0.0249. The summed E-state index contributed by atoms with van der Waals surface area (Å²) in [5, 5.41) is 0. The van der Waals surface area contributed by atoms with Crippen LogP contribution in [0.1, 0.15) is 19.3 Å². The fourth-order valence-corrected chi connectivity index (χ4v) is 6.81. The molecule has 92 valence electrons. The first kappa shape index (κ1) is 15.2. The maximum absolute atomic E-state index is 11.5. The van der Waals surface area contributed by atoms with E-state index in [9.17, 15) is 16.8 Å². The van der Waals surface area contributed by atoms with Crippen molar-refractivity contribution in [2.45, 2.75) is 23.8 Å². The summed E-state index contributed by atoms with van der Waals surface area (Å²) in [4.78, 5) is 0. The highest BCUT2D eigenvalue weighted by atomic mass is 35.5. The van der Waals surface area contributed by atoms with Crippen LogP contribution in [-0.2, 0) is 19.7 Å². The minimum Gasteiger partial charge on any atom is -0.330 e. The van der Waals surface area contributed by atoms with Crippen molar-refractivity contribution in [2.24, 2.45) is 5.73 Å². The summed E-state index contributed by atoms with van der Waals surface area (Å²) >= 11 is 0. The van der Waals surface area contributed by atoms with Crippen LogP contribution in [0.2, 0.25) is 0 Å². The number of hydrogen-bond acceptors (Lipinski definition) is 5. The van der Waals surface area contributed by atoms with Gasteiger partial charge in [-0.1, -0.05) is 0 Å². The third-order valence-corrected chi connectivity index (χ3v) is 7.85. The summed E-state index contributed by atoms with van der Waals surface area (Å²) in [6.07, 6.45) is 0.800. The first-order valence-corrected chi connectivity index (χ1v) is 7.96. The highest BCUT2D eigenvalue weighted by molar-refractivity contribution is 8.09. The summed E-state index contributed by atoms with van der Waals surface area (Å²) in [6.45, 7) is 0.321. The van der Waals surface area contributed by atoms with E-state index in [0.29, 0.717) is 13.0 Å². The second-order valence-corrected chi connectivity index (χ2v) is 8.35. The lowest BCUT2D eigenvalue weighted by Gasteiger charge is -2.22. The molecule has 0 aromatic rings. The van der Waals surface area contributed by atoms with Gasteiger partial charge in [-0.2, -0.15) is 0 Å². The molecule has 1 heterocycles. The SMILES string of the molecule is Cl.NCCCC1S(=O)(=O)CCCS1(=O)=O. The molecule has 0 bridgehead atoms. The Morgan fingerprint density at radius 3 is 1.93 bits per heavy atom. The second-order valence-electron chi connectivity index (χ2n) is 3.45. The van der Waals surface area contributed by atoms with Crippen molar-refractivity contribution in [3.05, 3.63) is 0 Å². The van der Waals surface area contributed by atoms with Gasteiger partial charge in [-0.05, 0) is 25.8 Å². The first-order valence-electron chi connectivity index (χ1n) is 4.53. The Kier molecular flexibility index (Phi) is 5.52. The molecule has 0 spiro atoms. The molecular formula is C7H16ClNO4S2. The molecule has 5 nitrogen and oxygen atoms in total. The van der Waals surface area contributed by atoms with Crippen molar-refractivity contribution >= 4 is 32.1 Å². The zero-order chi connectivity index (χ0) is 10.8. The average Bonchev–Trinajstić information content (AvgIpc) is 2.01. The Morgan fingerprint density at radius 2 is 1.53 bits per heavy atom. The van der Waals surface area contributed by atoms with Gasteiger partial charge in [0.2, 0.25) is 0 Å². The lowest BCUT2D eigenvalue weighted by molar-refractivity contribution is 0.557. The van der Waals surface area contributed by atoms with E-state index in [1.54, 1.807) is 0 Å². The lowest BCUT2D eigenvalue weighted by atomic mass is 10.3. The van der Waals surface area contributed by atoms with Crippen molar-refractivity contribution in [1.82, 2.24) is 0 Å². The largest absolute Gasteiger partial charge is 0.330 e. The van der Waals surface area contributed by atoms with Crippen LogP contribution >= 0.6 is 12.4 Å². The fourth-order valence-electron chi connectivity index (χ4n) is 1.59. The molecule has 0 unspecified atom stereocenters. The number of hydrogen-bond donors (Lipinski definition) is 1. The van der Waals surface area contributed by atoms with Gasteiger partial charge in [0.05, 0.1) is 11.5 Å².